The van der Waals surface area contributed by atoms with Crippen molar-refractivity contribution in [2.24, 2.45) is 5.92 Å². The highest BCUT2D eigenvalue weighted by molar-refractivity contribution is 7.91. The van der Waals surface area contributed by atoms with E-state index < -0.39 is 14.9 Å². The van der Waals surface area contributed by atoms with Gasteiger partial charge in [0, 0.05) is 31.1 Å². The van der Waals surface area contributed by atoms with Crippen molar-refractivity contribution in [3.63, 3.8) is 0 Å². The minimum Gasteiger partial charge on any atom is -0.302 e. The van der Waals surface area contributed by atoms with Crippen LogP contribution in [0, 0.1) is 16.0 Å². The quantitative estimate of drug-likeness (QED) is 0.468. The second-order valence-electron chi connectivity index (χ2n) is 6.53. The Morgan fingerprint density at radius 3 is 2.69 bits per heavy atom. The van der Waals surface area contributed by atoms with Crippen LogP contribution in [0.25, 0.3) is 10.2 Å². The van der Waals surface area contributed by atoms with Gasteiger partial charge >= 0.3 is 0 Å². The number of amides is 1. The lowest BCUT2D eigenvalue weighted by Gasteiger charge is -2.29. The molecule has 1 aliphatic heterocycles. The average Bonchev–Trinajstić information content (AvgIpc) is 3.37. The maximum atomic E-state index is 12.6. The molecule has 9 nitrogen and oxygen atoms in total. The Morgan fingerprint density at radius 2 is 2.03 bits per heavy atom. The van der Waals surface area contributed by atoms with E-state index >= 15 is 0 Å². The lowest BCUT2D eigenvalue weighted by Crippen LogP contribution is -2.41. The molecule has 0 bridgehead atoms. The number of piperidine rings is 1. The van der Waals surface area contributed by atoms with Gasteiger partial charge in [-0.15, -0.1) is 11.3 Å². The van der Waals surface area contributed by atoms with Crippen molar-refractivity contribution in [1.29, 1.82) is 0 Å². The number of nitro benzene ring substituents is 1. The summed E-state index contributed by atoms with van der Waals surface area (Å²) in [4.78, 5) is 27.2. The number of rotatable bonds is 5. The molecular weight excluding hydrogens is 436 g/mol. The number of hydrogen-bond donors (Lipinski definition) is 1. The van der Waals surface area contributed by atoms with E-state index in [-0.39, 0.29) is 30.6 Å². The summed E-state index contributed by atoms with van der Waals surface area (Å²) >= 11 is 2.42. The summed E-state index contributed by atoms with van der Waals surface area (Å²) in [6, 6.07) is 7.65. The number of nitro groups is 1. The summed E-state index contributed by atoms with van der Waals surface area (Å²) in [7, 11) is -3.50. The first kappa shape index (κ1) is 19.9. The number of carbonyl (C=O) groups is 1. The Kier molecular flexibility index (Phi) is 5.34. The van der Waals surface area contributed by atoms with Gasteiger partial charge in [-0.25, -0.2) is 13.4 Å². The molecule has 0 atom stereocenters. The van der Waals surface area contributed by atoms with Crippen molar-refractivity contribution in [2.45, 2.75) is 17.1 Å². The normalized spacial score (nSPS) is 16.1. The van der Waals surface area contributed by atoms with Crippen LogP contribution in [0.3, 0.4) is 0 Å². The maximum Gasteiger partial charge on any atom is 0.271 e. The number of thiophene rings is 1. The van der Waals surface area contributed by atoms with Crippen LogP contribution in [0.15, 0.2) is 39.9 Å². The minimum atomic E-state index is -3.50. The molecule has 1 aromatic carbocycles. The Hall–Kier alpha value is -2.41. The van der Waals surface area contributed by atoms with Crippen molar-refractivity contribution in [3.05, 3.63) is 45.8 Å². The van der Waals surface area contributed by atoms with E-state index in [1.54, 1.807) is 23.6 Å². The van der Waals surface area contributed by atoms with Gasteiger partial charge in [-0.2, -0.15) is 4.31 Å². The molecule has 1 N–H and O–H groups in total. The van der Waals surface area contributed by atoms with Gasteiger partial charge in [0.05, 0.1) is 15.1 Å². The van der Waals surface area contributed by atoms with Crippen LogP contribution < -0.4 is 5.32 Å². The summed E-state index contributed by atoms with van der Waals surface area (Å²) < 4.78 is 27.6. The Morgan fingerprint density at radius 1 is 1.28 bits per heavy atom. The molecule has 1 aliphatic rings. The summed E-state index contributed by atoms with van der Waals surface area (Å²) in [6.45, 7) is 0.564. The first-order valence-corrected chi connectivity index (χ1v) is 11.9. The highest BCUT2D eigenvalue weighted by Gasteiger charge is 2.32. The van der Waals surface area contributed by atoms with Gasteiger partial charge in [-0.1, -0.05) is 17.4 Å². The van der Waals surface area contributed by atoms with Crippen LogP contribution >= 0.6 is 22.7 Å². The third kappa shape index (κ3) is 4.01. The van der Waals surface area contributed by atoms with E-state index in [0.717, 1.165) is 4.70 Å². The highest BCUT2D eigenvalue weighted by Crippen LogP contribution is 2.31. The van der Waals surface area contributed by atoms with Gasteiger partial charge in [0.1, 0.15) is 4.21 Å². The third-order valence-corrected chi connectivity index (χ3v) is 8.95. The molecule has 1 saturated heterocycles. The smallest absolute Gasteiger partial charge is 0.271 e. The van der Waals surface area contributed by atoms with Crippen LogP contribution in [0.5, 0.6) is 0 Å². The van der Waals surface area contributed by atoms with Crippen LogP contribution in [0.4, 0.5) is 10.8 Å². The molecule has 1 amide bonds. The highest BCUT2D eigenvalue weighted by atomic mass is 32.2. The van der Waals surface area contributed by atoms with E-state index in [9.17, 15) is 23.3 Å². The SMILES string of the molecule is O=C(Nc1nc2cc([N+](=O)[O-])ccc2s1)C1CCN(S(=O)(=O)c2cccs2)CC1. The summed E-state index contributed by atoms with van der Waals surface area (Å²) in [6.07, 6.45) is 0.847. The summed E-state index contributed by atoms with van der Waals surface area (Å²) in [5.41, 5.74) is 0.399. The van der Waals surface area contributed by atoms with Crippen molar-refractivity contribution in [2.75, 3.05) is 18.4 Å². The molecule has 0 aliphatic carbocycles. The Bertz CT molecular complexity index is 1170. The number of hydrogen-bond acceptors (Lipinski definition) is 8. The van der Waals surface area contributed by atoms with Crippen molar-refractivity contribution in [1.82, 2.24) is 9.29 Å². The lowest BCUT2D eigenvalue weighted by molar-refractivity contribution is -0.384. The van der Waals surface area contributed by atoms with Crippen LogP contribution in [0.1, 0.15) is 12.8 Å². The number of nitrogens with zero attached hydrogens (tertiary/aromatic N) is 3. The van der Waals surface area contributed by atoms with E-state index in [4.69, 9.17) is 0 Å². The largest absolute Gasteiger partial charge is 0.302 e. The standard InChI is InChI=1S/C17H16N4O5S3/c22-16(19-17-18-13-10-12(21(23)24)3-4-14(13)28-17)11-5-7-20(8-6-11)29(25,26)15-2-1-9-27-15/h1-4,9-11H,5-8H2,(H,18,19,22). The molecular formula is C17H16N4O5S3. The van der Waals surface area contributed by atoms with E-state index in [2.05, 4.69) is 10.3 Å². The number of anilines is 1. The molecule has 1 fully saturated rings. The van der Waals surface area contributed by atoms with Gasteiger partial charge in [-0.05, 0) is 30.4 Å². The summed E-state index contributed by atoms with van der Waals surface area (Å²) in [5, 5.41) is 15.7. The molecule has 2 aromatic heterocycles. The third-order valence-electron chi connectivity index (χ3n) is 4.73. The van der Waals surface area contributed by atoms with Gasteiger partial charge in [0.15, 0.2) is 5.13 Å². The molecule has 0 radical (unpaired) electrons. The predicted octanol–water partition coefficient (Wildman–Crippen LogP) is 3.31. The Balaban J connectivity index is 1.40. The van der Waals surface area contributed by atoms with Gasteiger partial charge in [0.2, 0.25) is 5.91 Å². The number of thiazole rings is 1. The Labute approximate surface area is 174 Å². The number of non-ortho nitro benzene ring substituents is 1. The fourth-order valence-electron chi connectivity index (χ4n) is 3.19. The summed E-state index contributed by atoms with van der Waals surface area (Å²) in [5.74, 6) is -0.530. The lowest BCUT2D eigenvalue weighted by atomic mass is 9.97. The monoisotopic (exact) mass is 452 g/mol. The van der Waals surface area contributed by atoms with Crippen LogP contribution in [-0.4, -0.2) is 41.6 Å². The number of fused-ring (bicyclic) bond motifs is 1. The first-order valence-electron chi connectivity index (χ1n) is 8.74. The number of carbonyl (C=O) groups excluding carboxylic acids is 1. The molecule has 4 rings (SSSR count). The van der Waals surface area contributed by atoms with Gasteiger partial charge in [0.25, 0.3) is 15.7 Å². The molecule has 3 heterocycles. The fraction of sp³-hybridized carbons (Fsp3) is 0.294. The molecule has 0 unspecified atom stereocenters. The van der Waals surface area contributed by atoms with Gasteiger partial charge in [-0.3, -0.25) is 14.9 Å². The second-order valence-corrected chi connectivity index (χ2v) is 10.7. The average molecular weight is 453 g/mol. The second kappa shape index (κ2) is 7.78. The van der Waals surface area contributed by atoms with Crippen molar-refractivity contribution in [3.8, 4) is 0 Å². The number of aromatic nitrogens is 1. The molecule has 3 aromatic rings. The first-order chi connectivity index (χ1) is 13.8. The minimum absolute atomic E-state index is 0.0556. The van der Waals surface area contributed by atoms with Crippen molar-refractivity contribution >= 4 is 59.6 Å². The number of benzene rings is 1. The number of nitrogens with one attached hydrogen (secondary N) is 1. The van der Waals surface area contributed by atoms with E-state index in [1.165, 1.54) is 39.1 Å². The molecule has 0 saturated carbocycles. The zero-order valence-electron chi connectivity index (χ0n) is 15.0. The predicted molar refractivity (Wildman–Crippen MR) is 111 cm³/mol. The zero-order valence-corrected chi connectivity index (χ0v) is 17.4. The molecule has 12 heteroatoms. The zero-order chi connectivity index (χ0) is 20.6. The molecule has 29 heavy (non-hydrogen) atoms. The topological polar surface area (TPSA) is 123 Å². The molecule has 0 spiro atoms. The van der Waals surface area contributed by atoms with Crippen molar-refractivity contribution < 1.29 is 18.1 Å². The van der Waals surface area contributed by atoms with E-state index in [1.807, 2.05) is 0 Å². The fourth-order valence-corrected chi connectivity index (χ4v) is 6.65. The maximum absolute atomic E-state index is 12.6. The van der Waals surface area contributed by atoms with Crippen LogP contribution in [-0.2, 0) is 14.8 Å². The van der Waals surface area contributed by atoms with Gasteiger partial charge < -0.3 is 5.32 Å². The molecule has 152 valence electrons. The van der Waals surface area contributed by atoms with Crippen LogP contribution in [0.2, 0.25) is 0 Å². The van der Waals surface area contributed by atoms with E-state index in [0.29, 0.717) is 27.7 Å². The number of sulfonamides is 1.